The summed E-state index contributed by atoms with van der Waals surface area (Å²) in [5, 5.41) is 9.27. The third kappa shape index (κ3) is 4.00. The van der Waals surface area contributed by atoms with Gasteiger partial charge in [-0.05, 0) is 32.8 Å². The van der Waals surface area contributed by atoms with E-state index in [0.717, 1.165) is 16.7 Å². The molecular formula is C19H26O7. The molecule has 0 radical (unpaired) electrons. The Morgan fingerprint density at radius 2 is 2.08 bits per heavy atom. The molecule has 144 valence electrons. The van der Waals surface area contributed by atoms with Crippen molar-refractivity contribution in [1.29, 1.82) is 0 Å². The highest BCUT2D eigenvalue weighted by molar-refractivity contribution is 5.98. The molecule has 1 unspecified atom stereocenters. The van der Waals surface area contributed by atoms with E-state index in [9.17, 15) is 9.90 Å². The van der Waals surface area contributed by atoms with Crippen LogP contribution in [0.25, 0.3) is 0 Å². The van der Waals surface area contributed by atoms with Crippen LogP contribution in [0.15, 0.2) is 11.6 Å². The van der Waals surface area contributed by atoms with E-state index in [4.69, 9.17) is 23.7 Å². The van der Waals surface area contributed by atoms with Crippen molar-refractivity contribution in [2.45, 2.75) is 40.3 Å². The zero-order valence-corrected chi connectivity index (χ0v) is 15.9. The quantitative estimate of drug-likeness (QED) is 0.408. The van der Waals surface area contributed by atoms with E-state index < -0.39 is 12.4 Å². The summed E-state index contributed by atoms with van der Waals surface area (Å²) in [6.45, 7) is 5.05. The van der Waals surface area contributed by atoms with Crippen LogP contribution in [0, 0.1) is 6.92 Å². The fourth-order valence-electron chi connectivity index (χ4n) is 2.86. The van der Waals surface area contributed by atoms with Crippen molar-refractivity contribution in [2.75, 3.05) is 27.4 Å². The summed E-state index contributed by atoms with van der Waals surface area (Å²) in [7, 11) is 3.03. The Kier molecular flexibility index (Phi) is 7.02. The van der Waals surface area contributed by atoms with Crippen molar-refractivity contribution in [2.24, 2.45) is 0 Å². The van der Waals surface area contributed by atoms with Crippen LogP contribution in [-0.4, -0.2) is 45.0 Å². The number of ether oxygens (including phenoxy) is 5. The molecule has 0 bridgehead atoms. The number of fused-ring (bicyclic) bond motifs is 1. The van der Waals surface area contributed by atoms with Crippen LogP contribution in [0.2, 0.25) is 0 Å². The SMILES string of the molecule is CCOC(OC)Oc1c(C/C=C(\C)CO)c(OC)c(C)c2c1C(=O)OC2. The highest BCUT2D eigenvalue weighted by atomic mass is 16.8. The summed E-state index contributed by atoms with van der Waals surface area (Å²) in [5.74, 6) is 0.494. The van der Waals surface area contributed by atoms with Crippen molar-refractivity contribution in [3.8, 4) is 11.5 Å². The number of benzene rings is 1. The first-order valence-corrected chi connectivity index (χ1v) is 8.45. The minimum atomic E-state index is -0.966. The molecular weight excluding hydrogens is 340 g/mol. The fraction of sp³-hybridized carbons (Fsp3) is 0.526. The Morgan fingerprint density at radius 3 is 2.65 bits per heavy atom. The average molecular weight is 366 g/mol. The molecule has 26 heavy (non-hydrogen) atoms. The fourth-order valence-corrected chi connectivity index (χ4v) is 2.86. The molecule has 0 spiro atoms. The van der Waals surface area contributed by atoms with Gasteiger partial charge in [0.2, 0.25) is 0 Å². The molecule has 0 amide bonds. The molecule has 2 rings (SSSR count). The summed E-state index contributed by atoms with van der Waals surface area (Å²) >= 11 is 0. The summed E-state index contributed by atoms with van der Waals surface area (Å²) < 4.78 is 27.3. The van der Waals surface area contributed by atoms with Gasteiger partial charge in [0.05, 0.1) is 20.3 Å². The molecule has 0 saturated heterocycles. The van der Waals surface area contributed by atoms with Crippen molar-refractivity contribution < 1.29 is 33.6 Å². The number of aliphatic hydroxyl groups is 1. The second-order valence-corrected chi connectivity index (χ2v) is 5.91. The van der Waals surface area contributed by atoms with Crippen molar-refractivity contribution >= 4 is 5.97 Å². The molecule has 7 nitrogen and oxygen atoms in total. The number of methoxy groups -OCH3 is 2. The number of allylic oxidation sites excluding steroid dienone is 1. The number of carbonyl (C=O) groups is 1. The van der Waals surface area contributed by atoms with Crippen LogP contribution in [0.5, 0.6) is 11.5 Å². The third-order valence-corrected chi connectivity index (χ3v) is 4.24. The summed E-state index contributed by atoms with van der Waals surface area (Å²) in [6, 6.07) is 0. The van der Waals surface area contributed by atoms with E-state index >= 15 is 0 Å². The van der Waals surface area contributed by atoms with Gasteiger partial charge in [-0.15, -0.1) is 0 Å². The van der Waals surface area contributed by atoms with E-state index in [1.165, 1.54) is 7.11 Å². The minimum Gasteiger partial charge on any atom is -0.496 e. The molecule has 7 heteroatoms. The van der Waals surface area contributed by atoms with Crippen molar-refractivity contribution in [3.63, 3.8) is 0 Å². The maximum Gasteiger partial charge on any atom is 0.342 e. The van der Waals surface area contributed by atoms with E-state index in [1.807, 2.05) is 26.8 Å². The van der Waals surface area contributed by atoms with E-state index in [0.29, 0.717) is 35.7 Å². The molecule has 0 aliphatic carbocycles. The van der Waals surface area contributed by atoms with Gasteiger partial charge in [-0.1, -0.05) is 11.6 Å². The Bertz CT molecular complexity index is 694. The largest absolute Gasteiger partial charge is 0.496 e. The number of carbonyl (C=O) groups excluding carboxylic acids is 1. The molecule has 1 N–H and O–H groups in total. The Morgan fingerprint density at radius 1 is 1.35 bits per heavy atom. The number of hydrogen-bond donors (Lipinski definition) is 1. The second kappa shape index (κ2) is 9.02. The number of cyclic esters (lactones) is 1. The third-order valence-electron chi connectivity index (χ3n) is 4.24. The zero-order chi connectivity index (χ0) is 19.3. The van der Waals surface area contributed by atoms with Crippen LogP contribution in [0.4, 0.5) is 0 Å². The lowest BCUT2D eigenvalue weighted by molar-refractivity contribution is -0.231. The number of rotatable bonds is 9. The number of esters is 1. The molecule has 1 aliphatic heterocycles. The van der Waals surface area contributed by atoms with Gasteiger partial charge in [-0.25, -0.2) is 4.79 Å². The predicted molar refractivity (Wildman–Crippen MR) is 94.4 cm³/mol. The summed E-state index contributed by atoms with van der Waals surface area (Å²) in [6.07, 6.45) is 2.27. The number of aliphatic hydroxyl groups excluding tert-OH is 1. The first-order chi connectivity index (χ1) is 12.5. The normalized spacial score (nSPS) is 14.8. The van der Waals surface area contributed by atoms with Gasteiger partial charge in [-0.3, -0.25) is 0 Å². The summed E-state index contributed by atoms with van der Waals surface area (Å²) in [4.78, 5) is 12.3. The van der Waals surface area contributed by atoms with Crippen LogP contribution < -0.4 is 9.47 Å². The first-order valence-electron chi connectivity index (χ1n) is 8.45. The Labute approximate surface area is 153 Å². The van der Waals surface area contributed by atoms with Gasteiger partial charge in [-0.2, -0.15) is 0 Å². The van der Waals surface area contributed by atoms with Gasteiger partial charge in [0.1, 0.15) is 23.7 Å². The molecule has 1 heterocycles. The topological polar surface area (TPSA) is 83.5 Å². The van der Waals surface area contributed by atoms with Gasteiger partial charge >= 0.3 is 12.4 Å². The minimum absolute atomic E-state index is 0.0515. The zero-order valence-electron chi connectivity index (χ0n) is 15.9. The molecule has 0 fully saturated rings. The number of hydrogen-bond acceptors (Lipinski definition) is 7. The smallest absolute Gasteiger partial charge is 0.342 e. The van der Waals surface area contributed by atoms with Crippen LogP contribution in [0.3, 0.4) is 0 Å². The molecule has 1 aromatic rings. The lowest BCUT2D eigenvalue weighted by atomic mass is 9.95. The maximum absolute atomic E-state index is 12.3. The average Bonchev–Trinajstić information content (AvgIpc) is 3.03. The van der Waals surface area contributed by atoms with Crippen molar-refractivity contribution in [1.82, 2.24) is 0 Å². The van der Waals surface area contributed by atoms with Gasteiger partial charge in [0.15, 0.2) is 0 Å². The first kappa shape index (κ1) is 20.2. The monoisotopic (exact) mass is 366 g/mol. The molecule has 1 aromatic carbocycles. The Hall–Kier alpha value is -2.09. The molecule has 1 aliphatic rings. The van der Waals surface area contributed by atoms with Crippen molar-refractivity contribution in [3.05, 3.63) is 33.9 Å². The lowest BCUT2D eigenvalue weighted by Gasteiger charge is -2.23. The maximum atomic E-state index is 12.3. The van der Waals surface area contributed by atoms with Gasteiger partial charge in [0.25, 0.3) is 0 Å². The Balaban J connectivity index is 2.63. The second-order valence-electron chi connectivity index (χ2n) is 5.91. The van der Waals surface area contributed by atoms with E-state index in [1.54, 1.807) is 7.11 Å². The predicted octanol–water partition coefficient (Wildman–Crippen LogP) is 2.50. The highest BCUT2D eigenvalue weighted by Crippen LogP contribution is 2.43. The molecule has 0 saturated carbocycles. The van der Waals surface area contributed by atoms with E-state index in [2.05, 4.69) is 0 Å². The van der Waals surface area contributed by atoms with Gasteiger partial charge in [0, 0.05) is 18.2 Å². The standard InChI is InChI=1S/C19H26O7/c1-6-24-19(23-5)26-17-13(8-7-11(2)9-20)16(22-4)12(3)14-10-25-18(21)15(14)17/h7,19-20H,6,8-10H2,1-5H3/b11-7+. The van der Waals surface area contributed by atoms with E-state index in [-0.39, 0.29) is 13.2 Å². The van der Waals surface area contributed by atoms with Crippen LogP contribution in [0.1, 0.15) is 40.9 Å². The van der Waals surface area contributed by atoms with Crippen LogP contribution >= 0.6 is 0 Å². The summed E-state index contributed by atoms with van der Waals surface area (Å²) in [5.41, 5.74) is 3.41. The van der Waals surface area contributed by atoms with Crippen LogP contribution in [-0.2, 0) is 27.2 Å². The molecule has 1 atom stereocenters. The van der Waals surface area contributed by atoms with Gasteiger partial charge < -0.3 is 28.8 Å². The highest BCUT2D eigenvalue weighted by Gasteiger charge is 2.34. The lowest BCUT2D eigenvalue weighted by Crippen LogP contribution is -2.24. The molecule has 0 aromatic heterocycles.